The van der Waals surface area contributed by atoms with Crippen molar-refractivity contribution in [2.24, 2.45) is 10.1 Å². The molecule has 4 heteroatoms. The van der Waals surface area contributed by atoms with Gasteiger partial charge in [0.05, 0.1) is 12.2 Å². The maximum absolute atomic E-state index is 4.40. The van der Waals surface area contributed by atoms with Gasteiger partial charge in [-0.15, -0.1) is 0 Å². The van der Waals surface area contributed by atoms with E-state index < -0.39 is 7.26 Å². The van der Waals surface area contributed by atoms with Crippen LogP contribution in [0.4, 0.5) is 0 Å². The lowest BCUT2D eigenvalue weighted by Crippen LogP contribution is -2.35. The number of hydrogen-bond donors (Lipinski definition) is 1. The molecular formula is C22H23N3P+. The Morgan fingerprint density at radius 2 is 1.31 bits per heavy atom. The zero-order chi connectivity index (χ0) is 18.4. The molecule has 26 heavy (non-hydrogen) atoms. The van der Waals surface area contributed by atoms with Crippen molar-refractivity contribution in [1.82, 2.24) is 5.43 Å². The van der Waals surface area contributed by atoms with Gasteiger partial charge < -0.3 is 0 Å². The van der Waals surface area contributed by atoms with Crippen LogP contribution in [0.1, 0.15) is 5.56 Å². The molecule has 0 aliphatic heterocycles. The summed E-state index contributed by atoms with van der Waals surface area (Å²) in [6.07, 6.45) is 0. The summed E-state index contributed by atoms with van der Waals surface area (Å²) in [6.45, 7) is 5.92. The van der Waals surface area contributed by atoms with Crippen molar-refractivity contribution in [2.45, 2.75) is 0 Å². The summed E-state index contributed by atoms with van der Waals surface area (Å²) < 4.78 is 0. The van der Waals surface area contributed by atoms with Gasteiger partial charge in [-0.3, -0.25) is 10.4 Å². The Hall–Kier alpha value is -2.77. The number of amidine groups is 1. The van der Waals surface area contributed by atoms with E-state index in [2.05, 4.69) is 108 Å². The van der Waals surface area contributed by atoms with E-state index in [0.29, 0.717) is 0 Å². The van der Waals surface area contributed by atoms with E-state index >= 15 is 0 Å². The molecule has 0 aromatic heterocycles. The number of hydrogen-bond acceptors (Lipinski definition) is 2. The molecule has 3 aromatic rings. The van der Waals surface area contributed by atoms with Gasteiger partial charge in [-0.25, -0.2) is 0 Å². The second-order valence-electron chi connectivity index (χ2n) is 6.04. The lowest BCUT2D eigenvalue weighted by Gasteiger charge is -2.25. The predicted octanol–water partition coefficient (Wildman–Crippen LogP) is 3.19. The van der Waals surface area contributed by atoms with Crippen LogP contribution in [0.2, 0.25) is 0 Å². The second kappa shape index (κ2) is 8.07. The summed E-state index contributed by atoms with van der Waals surface area (Å²) >= 11 is 0. The average molecular weight is 360 g/mol. The molecule has 0 amide bonds. The molecule has 0 aliphatic rings. The monoisotopic (exact) mass is 360 g/mol. The number of rotatable bonds is 5. The largest absolute Gasteiger partial charge is 0.270 e. The molecule has 3 aromatic carbocycles. The Bertz CT molecular complexity index is 865. The molecule has 0 fully saturated rings. The van der Waals surface area contributed by atoms with Gasteiger partial charge in [0, 0.05) is 13.8 Å². The minimum absolute atomic E-state index is 0.730. The fraction of sp³-hybridized carbons (Fsp3) is 0.0909. The van der Waals surface area contributed by atoms with Gasteiger partial charge >= 0.3 is 0 Å². The van der Waals surface area contributed by atoms with E-state index in [4.69, 9.17) is 0 Å². The Morgan fingerprint density at radius 1 is 0.808 bits per heavy atom. The number of aliphatic imine (C=N–C) groups is 1. The minimum atomic E-state index is -1.84. The summed E-state index contributed by atoms with van der Waals surface area (Å²) in [4.78, 5) is 4.40. The van der Waals surface area contributed by atoms with Crippen molar-refractivity contribution in [3.05, 3.63) is 90.5 Å². The van der Waals surface area contributed by atoms with Gasteiger partial charge in [0.1, 0.15) is 23.2 Å². The summed E-state index contributed by atoms with van der Waals surface area (Å²) in [6, 6.07) is 29.9. The lowest BCUT2D eigenvalue weighted by molar-refractivity contribution is 1.03. The fourth-order valence-electron chi connectivity index (χ4n) is 3.25. The summed E-state index contributed by atoms with van der Waals surface area (Å²) in [5.41, 5.74) is 4.01. The number of benzene rings is 3. The first-order chi connectivity index (χ1) is 12.7. The number of nitrogens with one attached hydrogen (secondary N) is 1. The normalized spacial score (nSPS) is 11.8. The van der Waals surface area contributed by atoms with Crippen molar-refractivity contribution in [3.63, 3.8) is 0 Å². The number of nitrogens with zero attached hydrogens (tertiary/aromatic N) is 2. The van der Waals surface area contributed by atoms with Crippen LogP contribution in [-0.2, 0) is 0 Å². The smallest absolute Gasteiger partial charge is 0.152 e. The highest BCUT2D eigenvalue weighted by molar-refractivity contribution is 7.95. The van der Waals surface area contributed by atoms with Gasteiger partial charge in [0.25, 0.3) is 0 Å². The van der Waals surface area contributed by atoms with Crippen LogP contribution in [0.3, 0.4) is 0 Å². The first kappa shape index (κ1) is 18.0. The fourth-order valence-corrected chi connectivity index (χ4v) is 6.69. The second-order valence-corrected chi connectivity index (χ2v) is 9.56. The van der Waals surface area contributed by atoms with Gasteiger partial charge in [-0.05, 0) is 36.4 Å². The molecule has 130 valence electrons. The van der Waals surface area contributed by atoms with Crippen LogP contribution in [0, 0.1) is 0 Å². The quantitative estimate of drug-likeness (QED) is 0.323. The predicted molar refractivity (Wildman–Crippen MR) is 116 cm³/mol. The van der Waals surface area contributed by atoms with Crippen LogP contribution in [0.5, 0.6) is 0 Å². The number of hydrazone groups is 1. The maximum Gasteiger partial charge on any atom is 0.152 e. The molecule has 3 nitrogen and oxygen atoms in total. The van der Waals surface area contributed by atoms with Gasteiger partial charge in [-0.2, -0.15) is 5.10 Å². The average Bonchev–Trinajstić information content (AvgIpc) is 2.73. The zero-order valence-electron chi connectivity index (χ0n) is 15.1. The molecule has 0 radical (unpaired) electrons. The van der Waals surface area contributed by atoms with Crippen molar-refractivity contribution < 1.29 is 0 Å². The summed E-state index contributed by atoms with van der Waals surface area (Å²) in [5.74, 6) is 0.730. The van der Waals surface area contributed by atoms with Crippen molar-refractivity contribution in [2.75, 3.05) is 13.7 Å². The molecular weight excluding hydrogens is 337 g/mol. The minimum Gasteiger partial charge on any atom is -0.270 e. The Morgan fingerprint density at radius 3 is 1.81 bits per heavy atom. The molecule has 0 unspecified atom stereocenters. The van der Waals surface area contributed by atoms with Crippen LogP contribution >= 0.6 is 7.26 Å². The lowest BCUT2D eigenvalue weighted by atomic mass is 10.2. The molecule has 0 aliphatic carbocycles. The Kier molecular flexibility index (Phi) is 5.60. The highest BCUT2D eigenvalue weighted by Gasteiger charge is 2.42. The van der Waals surface area contributed by atoms with E-state index in [1.54, 1.807) is 7.05 Å². The summed E-state index contributed by atoms with van der Waals surface area (Å²) in [5, 5.41) is 7.77. The SMILES string of the molecule is C=NNC(=NC)c1ccccc1[P+](C)(c1ccccc1)c1ccccc1. The van der Waals surface area contributed by atoms with E-state index in [-0.39, 0.29) is 0 Å². The molecule has 0 bridgehead atoms. The molecule has 1 N–H and O–H groups in total. The van der Waals surface area contributed by atoms with Crippen LogP contribution in [-0.4, -0.2) is 26.3 Å². The first-order valence-electron chi connectivity index (χ1n) is 8.48. The van der Waals surface area contributed by atoms with E-state index in [1.807, 2.05) is 6.07 Å². The van der Waals surface area contributed by atoms with E-state index in [1.165, 1.54) is 15.9 Å². The summed E-state index contributed by atoms with van der Waals surface area (Å²) in [7, 11) is -0.0687. The third-order valence-electron chi connectivity index (χ3n) is 4.59. The van der Waals surface area contributed by atoms with Crippen LogP contribution in [0.25, 0.3) is 0 Å². The van der Waals surface area contributed by atoms with Crippen molar-refractivity contribution >= 4 is 35.7 Å². The van der Waals surface area contributed by atoms with Gasteiger partial charge in [-0.1, -0.05) is 48.5 Å². The van der Waals surface area contributed by atoms with Crippen molar-refractivity contribution in [1.29, 1.82) is 0 Å². The van der Waals surface area contributed by atoms with E-state index in [0.717, 1.165) is 11.4 Å². The highest BCUT2D eigenvalue weighted by Crippen LogP contribution is 2.52. The van der Waals surface area contributed by atoms with Crippen LogP contribution < -0.4 is 21.3 Å². The van der Waals surface area contributed by atoms with Gasteiger partial charge in [0.15, 0.2) is 5.84 Å². The topological polar surface area (TPSA) is 36.8 Å². The molecule has 0 atom stereocenters. The van der Waals surface area contributed by atoms with Crippen LogP contribution in [0.15, 0.2) is 95.0 Å². The molecule has 0 saturated carbocycles. The van der Waals surface area contributed by atoms with Crippen molar-refractivity contribution in [3.8, 4) is 0 Å². The standard InChI is InChI=1S/C22H23N3P/c1-23-22(25-24-2)20-16-10-11-17-21(20)26(3,18-12-6-4-7-13-18)19-14-8-5-9-15-19/h4-17H,2H2,1,3H3,(H,23,25)/q+1. The molecule has 0 spiro atoms. The first-order valence-corrected chi connectivity index (χ1v) is 10.7. The van der Waals surface area contributed by atoms with E-state index in [9.17, 15) is 0 Å². The Labute approximate surface area is 155 Å². The highest BCUT2D eigenvalue weighted by atomic mass is 31.2. The third kappa shape index (κ3) is 3.31. The van der Waals surface area contributed by atoms with Gasteiger partial charge in [0.2, 0.25) is 0 Å². The zero-order valence-corrected chi connectivity index (χ0v) is 16.0. The molecule has 0 saturated heterocycles. The molecule has 0 heterocycles. The maximum atomic E-state index is 4.40. The Balaban J connectivity index is 2.30. The third-order valence-corrected chi connectivity index (χ3v) is 8.61. The molecule has 3 rings (SSSR count).